The van der Waals surface area contributed by atoms with Crippen LogP contribution in [0.3, 0.4) is 0 Å². The molecule has 1 rings (SSSR count). The van der Waals surface area contributed by atoms with Crippen LogP contribution in [0.5, 0.6) is 0 Å². The van der Waals surface area contributed by atoms with E-state index in [9.17, 15) is 4.79 Å². The molecule has 0 aliphatic rings. The Kier molecular flexibility index (Phi) is 3.90. The van der Waals surface area contributed by atoms with E-state index in [4.69, 9.17) is 5.73 Å². The number of aromatic nitrogens is 3. The second-order valence-electron chi connectivity index (χ2n) is 2.59. The summed E-state index contributed by atoms with van der Waals surface area (Å²) < 4.78 is 1.47. The Morgan fingerprint density at radius 1 is 1.62 bits per heavy atom. The minimum atomic E-state index is -0.0704. The second-order valence-corrected chi connectivity index (χ2v) is 2.59. The van der Waals surface area contributed by atoms with Crippen LogP contribution in [0, 0.1) is 0 Å². The van der Waals surface area contributed by atoms with E-state index in [2.05, 4.69) is 15.4 Å². The molecule has 0 aromatic carbocycles. The van der Waals surface area contributed by atoms with E-state index in [0.717, 1.165) is 6.42 Å². The molecule has 6 heteroatoms. The first-order chi connectivity index (χ1) is 6.33. The number of nitrogens with one attached hydrogen (secondary N) is 1. The largest absolute Gasteiger partial charge is 0.354 e. The number of hydrogen-bond donors (Lipinski definition) is 2. The lowest BCUT2D eigenvalue weighted by atomic mass is 10.4. The van der Waals surface area contributed by atoms with Gasteiger partial charge in [-0.3, -0.25) is 4.79 Å². The van der Waals surface area contributed by atoms with Crippen molar-refractivity contribution in [3.63, 3.8) is 0 Å². The minimum absolute atomic E-state index is 0.0704. The summed E-state index contributed by atoms with van der Waals surface area (Å²) in [5.74, 6) is -0.0704. The fourth-order valence-corrected chi connectivity index (χ4v) is 0.847. The van der Waals surface area contributed by atoms with Crippen LogP contribution in [0.1, 0.15) is 6.42 Å². The smallest absolute Gasteiger partial charge is 0.241 e. The van der Waals surface area contributed by atoms with Crippen molar-refractivity contribution >= 4 is 5.91 Å². The Hall–Kier alpha value is -1.43. The van der Waals surface area contributed by atoms with E-state index in [1.54, 1.807) is 0 Å². The zero-order valence-corrected chi connectivity index (χ0v) is 7.31. The predicted molar refractivity (Wildman–Crippen MR) is 46.7 cm³/mol. The molecule has 0 atom stereocenters. The molecule has 0 saturated carbocycles. The first-order valence-electron chi connectivity index (χ1n) is 4.12. The number of hydrogen-bond acceptors (Lipinski definition) is 4. The maximum Gasteiger partial charge on any atom is 0.241 e. The number of carbonyl (C=O) groups excluding carboxylic acids is 1. The Morgan fingerprint density at radius 2 is 2.46 bits per heavy atom. The molecule has 1 aromatic rings. The Morgan fingerprint density at radius 3 is 3.08 bits per heavy atom. The number of nitrogens with two attached hydrogens (primary N) is 1. The van der Waals surface area contributed by atoms with E-state index in [1.165, 1.54) is 17.3 Å². The maximum absolute atomic E-state index is 11.1. The molecule has 0 fully saturated rings. The third kappa shape index (κ3) is 3.66. The van der Waals surface area contributed by atoms with Gasteiger partial charge in [-0.25, -0.2) is 9.67 Å². The molecular weight excluding hydrogens is 170 g/mol. The quantitative estimate of drug-likeness (QED) is 0.558. The average molecular weight is 183 g/mol. The lowest BCUT2D eigenvalue weighted by molar-refractivity contribution is -0.121. The lowest BCUT2D eigenvalue weighted by Crippen LogP contribution is -2.29. The molecular formula is C7H13N5O. The van der Waals surface area contributed by atoms with Crippen molar-refractivity contribution in [1.29, 1.82) is 0 Å². The van der Waals surface area contributed by atoms with Crippen molar-refractivity contribution < 1.29 is 4.79 Å². The highest BCUT2D eigenvalue weighted by atomic mass is 16.2. The van der Waals surface area contributed by atoms with Gasteiger partial charge >= 0.3 is 0 Å². The molecule has 1 amide bonds. The lowest BCUT2D eigenvalue weighted by Gasteiger charge is -2.02. The van der Waals surface area contributed by atoms with E-state index >= 15 is 0 Å². The second kappa shape index (κ2) is 5.26. The average Bonchev–Trinajstić information content (AvgIpc) is 2.57. The topological polar surface area (TPSA) is 85.8 Å². The van der Waals surface area contributed by atoms with E-state index < -0.39 is 0 Å². The van der Waals surface area contributed by atoms with Gasteiger partial charge in [-0.2, -0.15) is 5.10 Å². The van der Waals surface area contributed by atoms with E-state index in [-0.39, 0.29) is 12.5 Å². The third-order valence-electron chi connectivity index (χ3n) is 1.48. The molecule has 1 heterocycles. The highest BCUT2D eigenvalue weighted by molar-refractivity contribution is 5.75. The summed E-state index contributed by atoms with van der Waals surface area (Å²) in [5.41, 5.74) is 5.27. The number of carbonyl (C=O) groups is 1. The van der Waals surface area contributed by atoms with Crippen molar-refractivity contribution in [1.82, 2.24) is 20.1 Å². The van der Waals surface area contributed by atoms with Crippen LogP contribution in [-0.2, 0) is 11.3 Å². The van der Waals surface area contributed by atoms with Crippen LogP contribution in [0.25, 0.3) is 0 Å². The fraction of sp³-hybridized carbons (Fsp3) is 0.571. The van der Waals surface area contributed by atoms with Gasteiger partial charge in [0.15, 0.2) is 0 Å². The van der Waals surface area contributed by atoms with Crippen LogP contribution in [0.2, 0.25) is 0 Å². The monoisotopic (exact) mass is 183 g/mol. The highest BCUT2D eigenvalue weighted by Crippen LogP contribution is 1.80. The van der Waals surface area contributed by atoms with Gasteiger partial charge in [-0.15, -0.1) is 0 Å². The molecule has 0 radical (unpaired) electrons. The Bertz CT molecular complexity index is 245. The van der Waals surface area contributed by atoms with E-state index in [1.807, 2.05) is 0 Å². The van der Waals surface area contributed by atoms with Crippen molar-refractivity contribution in [3.05, 3.63) is 12.7 Å². The van der Waals surface area contributed by atoms with Crippen molar-refractivity contribution in [2.24, 2.45) is 5.73 Å². The first-order valence-corrected chi connectivity index (χ1v) is 4.12. The Labute approximate surface area is 76.1 Å². The van der Waals surface area contributed by atoms with Crippen molar-refractivity contribution in [2.45, 2.75) is 13.0 Å². The summed E-state index contributed by atoms with van der Waals surface area (Å²) in [5, 5.41) is 6.52. The number of rotatable bonds is 5. The molecule has 0 aliphatic heterocycles. The van der Waals surface area contributed by atoms with Gasteiger partial charge in [0, 0.05) is 6.54 Å². The summed E-state index contributed by atoms with van der Waals surface area (Å²) >= 11 is 0. The summed E-state index contributed by atoms with van der Waals surface area (Å²) in [6.45, 7) is 1.41. The molecule has 13 heavy (non-hydrogen) atoms. The van der Waals surface area contributed by atoms with Gasteiger partial charge < -0.3 is 11.1 Å². The number of nitrogens with zero attached hydrogens (tertiary/aromatic N) is 3. The molecule has 0 aliphatic carbocycles. The zero-order valence-electron chi connectivity index (χ0n) is 7.31. The summed E-state index contributed by atoms with van der Waals surface area (Å²) in [6, 6.07) is 0. The van der Waals surface area contributed by atoms with Crippen LogP contribution >= 0.6 is 0 Å². The predicted octanol–water partition coefficient (Wildman–Crippen LogP) is -1.26. The van der Waals surface area contributed by atoms with Crippen LogP contribution in [0.15, 0.2) is 12.7 Å². The third-order valence-corrected chi connectivity index (χ3v) is 1.48. The SMILES string of the molecule is NCCCNC(=O)Cn1cncn1. The highest BCUT2D eigenvalue weighted by Gasteiger charge is 2.00. The summed E-state index contributed by atoms with van der Waals surface area (Å²) in [7, 11) is 0. The maximum atomic E-state index is 11.1. The molecule has 0 unspecified atom stereocenters. The van der Waals surface area contributed by atoms with E-state index in [0.29, 0.717) is 13.1 Å². The fourth-order valence-electron chi connectivity index (χ4n) is 0.847. The first kappa shape index (κ1) is 9.66. The van der Waals surface area contributed by atoms with Crippen LogP contribution in [0.4, 0.5) is 0 Å². The normalized spacial score (nSPS) is 9.92. The summed E-state index contributed by atoms with van der Waals surface area (Å²) in [4.78, 5) is 14.9. The van der Waals surface area contributed by atoms with Crippen LogP contribution in [-0.4, -0.2) is 33.8 Å². The van der Waals surface area contributed by atoms with Gasteiger partial charge in [0.1, 0.15) is 19.2 Å². The zero-order chi connectivity index (χ0) is 9.52. The molecule has 3 N–H and O–H groups in total. The van der Waals surface area contributed by atoms with Gasteiger partial charge in [0.25, 0.3) is 0 Å². The molecule has 0 spiro atoms. The van der Waals surface area contributed by atoms with Crippen LogP contribution < -0.4 is 11.1 Å². The van der Waals surface area contributed by atoms with Crippen molar-refractivity contribution in [2.75, 3.05) is 13.1 Å². The van der Waals surface area contributed by atoms with Gasteiger partial charge in [-0.05, 0) is 13.0 Å². The molecule has 6 nitrogen and oxygen atoms in total. The molecule has 0 saturated heterocycles. The van der Waals surface area contributed by atoms with Gasteiger partial charge in [0.2, 0.25) is 5.91 Å². The minimum Gasteiger partial charge on any atom is -0.354 e. The van der Waals surface area contributed by atoms with Gasteiger partial charge in [0.05, 0.1) is 0 Å². The standard InChI is InChI=1S/C7H13N5O/c8-2-1-3-10-7(13)4-12-6-9-5-11-12/h5-6H,1-4,8H2,(H,10,13). The Balaban J connectivity index is 2.18. The molecule has 72 valence electrons. The van der Waals surface area contributed by atoms with Crippen molar-refractivity contribution in [3.8, 4) is 0 Å². The number of amides is 1. The molecule has 0 bridgehead atoms. The summed E-state index contributed by atoms with van der Waals surface area (Å²) in [6.07, 6.45) is 3.69. The van der Waals surface area contributed by atoms with Gasteiger partial charge in [-0.1, -0.05) is 0 Å². The molecule has 1 aromatic heterocycles.